The van der Waals surface area contributed by atoms with Crippen molar-refractivity contribution in [1.29, 1.82) is 0 Å². The lowest BCUT2D eigenvalue weighted by molar-refractivity contribution is -0.329. The summed E-state index contributed by atoms with van der Waals surface area (Å²) in [6, 6.07) is 3.23. The van der Waals surface area contributed by atoms with Gasteiger partial charge in [0.1, 0.15) is 24.6 Å². The van der Waals surface area contributed by atoms with Crippen LogP contribution in [-0.4, -0.2) is 112 Å². The number of amides is 1. The van der Waals surface area contributed by atoms with Crippen LogP contribution < -0.4 is 20.5 Å². The van der Waals surface area contributed by atoms with E-state index in [1.54, 1.807) is 51.1 Å². The number of aliphatic hydroxyl groups excluding tert-OH is 2. The first-order valence-electron chi connectivity index (χ1n) is 18.3. The Morgan fingerprint density at radius 2 is 1.88 bits per heavy atom. The van der Waals surface area contributed by atoms with Gasteiger partial charge in [-0.05, 0) is 69.8 Å². The van der Waals surface area contributed by atoms with E-state index in [1.807, 2.05) is 0 Å². The first-order valence-corrected chi connectivity index (χ1v) is 18.6. The number of rotatable bonds is 5. The van der Waals surface area contributed by atoms with E-state index in [4.69, 9.17) is 45.8 Å². The van der Waals surface area contributed by atoms with Crippen molar-refractivity contribution in [3.05, 3.63) is 88.2 Å². The van der Waals surface area contributed by atoms with Gasteiger partial charge in [0, 0.05) is 23.8 Å². The molecule has 16 nitrogen and oxygen atoms in total. The van der Waals surface area contributed by atoms with Gasteiger partial charge in [-0.25, -0.2) is 4.79 Å². The Morgan fingerprint density at radius 3 is 2.61 bits per heavy atom. The van der Waals surface area contributed by atoms with Crippen LogP contribution in [-0.2, 0) is 28.5 Å². The third kappa shape index (κ3) is 7.87. The predicted octanol–water partition coefficient (Wildman–Crippen LogP) is 2.50. The number of carbonyl (C=O) groups is 3. The molecule has 0 aromatic heterocycles. The van der Waals surface area contributed by atoms with E-state index in [1.165, 1.54) is 24.3 Å². The number of allylic oxidation sites excluding steroid dienone is 3. The quantitative estimate of drug-likeness (QED) is 0.110. The van der Waals surface area contributed by atoms with E-state index in [0.29, 0.717) is 0 Å². The van der Waals surface area contributed by atoms with Gasteiger partial charge >= 0.3 is 11.9 Å². The summed E-state index contributed by atoms with van der Waals surface area (Å²) in [4.78, 5) is 41.3. The number of hydrogen-bond acceptors (Lipinski definition) is 15. The number of halogens is 1. The second kappa shape index (κ2) is 15.7. The zero-order valence-corrected chi connectivity index (χ0v) is 32.9. The highest BCUT2D eigenvalue weighted by Crippen LogP contribution is 2.44. The summed E-state index contributed by atoms with van der Waals surface area (Å²) in [5, 5.41) is 46.9. The Kier molecular flexibility index (Phi) is 11.0. The second-order valence-electron chi connectivity index (χ2n) is 15.1. The maximum atomic E-state index is 13.9. The van der Waals surface area contributed by atoms with Crippen LogP contribution in [0.5, 0.6) is 23.0 Å². The molecule has 0 unspecified atom stereocenters. The monoisotopic (exact) mass is 829 g/mol. The van der Waals surface area contributed by atoms with Crippen LogP contribution >= 0.6 is 11.6 Å². The number of phenolic OH excluding ortho intramolecular Hbond substituents is 2. The number of nitrogens with one attached hydrogen (secondary N) is 1. The molecule has 308 valence electrons. The Balaban J connectivity index is 1.33. The molecule has 8 rings (SSSR count). The molecule has 1 fully saturated rings. The zero-order valence-electron chi connectivity index (χ0n) is 32.1. The van der Waals surface area contributed by atoms with Crippen LogP contribution in [0.4, 0.5) is 5.69 Å². The molecule has 4 heterocycles. The highest BCUT2D eigenvalue weighted by molar-refractivity contribution is 6.32. The Morgan fingerprint density at radius 1 is 1.12 bits per heavy atom. The van der Waals surface area contributed by atoms with Crippen molar-refractivity contribution < 1.29 is 63.2 Å². The number of nitrogens with two attached hydrogens (primary N) is 1. The van der Waals surface area contributed by atoms with Crippen molar-refractivity contribution >= 4 is 35.1 Å². The summed E-state index contributed by atoms with van der Waals surface area (Å²) in [6.07, 6.45) is -1.63. The van der Waals surface area contributed by atoms with Crippen LogP contribution in [0, 0.1) is 23.7 Å². The molecule has 0 radical (unpaired) electrons. The molecule has 8 atom stereocenters. The fraction of sp³-hybridized carbons (Fsp3) is 0.357. The lowest BCUT2D eigenvalue weighted by Crippen LogP contribution is -2.68. The van der Waals surface area contributed by atoms with Crippen LogP contribution in [0.1, 0.15) is 42.2 Å². The molecule has 0 saturated carbocycles. The lowest BCUT2D eigenvalue weighted by Gasteiger charge is -2.51. The molecule has 2 aliphatic carbocycles. The SMILES string of the molecule is C=C1Oc2cc(O)cc(C(=O)O[C@H]3COC(=O)C[C@H](N)c4cc(O)c(c(Cl)c4)O[C@@H]4C#C/C=C/3C#CC3=CC=C[C@@]34O[C@@H]3OC(C)(C)[C@@H](N(C)C)[C@@H](O)[C@H]3O)c2NC1=O. The molecule has 0 spiro atoms. The van der Waals surface area contributed by atoms with E-state index < -0.39 is 96.4 Å². The topological polar surface area (TPSA) is 229 Å². The number of ether oxygens (including phenoxy) is 6. The highest BCUT2D eigenvalue weighted by atomic mass is 35.5. The van der Waals surface area contributed by atoms with Gasteiger partial charge in [0.2, 0.25) is 0 Å². The fourth-order valence-corrected chi connectivity index (χ4v) is 7.77. The molecular weight excluding hydrogens is 790 g/mol. The number of phenols is 2. The molecular formula is C42H40ClN3O13. The maximum Gasteiger partial charge on any atom is 0.341 e. The van der Waals surface area contributed by atoms with Gasteiger partial charge in [0.05, 0.1) is 39.9 Å². The zero-order chi connectivity index (χ0) is 42.6. The minimum atomic E-state index is -1.81. The summed E-state index contributed by atoms with van der Waals surface area (Å²) < 4.78 is 36.2. The first-order chi connectivity index (χ1) is 27.9. The van der Waals surface area contributed by atoms with Crippen molar-refractivity contribution in [3.63, 3.8) is 0 Å². The molecule has 1 amide bonds. The van der Waals surface area contributed by atoms with E-state index in [2.05, 4.69) is 35.6 Å². The number of nitrogens with zero attached hydrogens (tertiary/aromatic N) is 1. The van der Waals surface area contributed by atoms with Crippen LogP contribution in [0.25, 0.3) is 0 Å². The van der Waals surface area contributed by atoms with Crippen LogP contribution in [0.2, 0.25) is 5.02 Å². The number of aromatic hydroxyl groups is 2. The van der Waals surface area contributed by atoms with Gasteiger partial charge in [-0.2, -0.15) is 0 Å². The number of anilines is 1. The van der Waals surface area contributed by atoms with Crippen molar-refractivity contribution in [2.24, 2.45) is 5.73 Å². The highest BCUT2D eigenvalue weighted by Gasteiger charge is 2.55. The summed E-state index contributed by atoms with van der Waals surface area (Å²) in [7, 11) is 3.48. The molecule has 7 N–H and O–H groups in total. The van der Waals surface area contributed by atoms with Crippen LogP contribution in [0.15, 0.2) is 72.1 Å². The van der Waals surface area contributed by atoms with E-state index in [-0.39, 0.29) is 50.2 Å². The number of esters is 2. The van der Waals surface area contributed by atoms with E-state index >= 15 is 0 Å². The van der Waals surface area contributed by atoms with E-state index in [0.717, 1.165) is 6.07 Å². The molecule has 4 bridgehead atoms. The van der Waals surface area contributed by atoms with Gasteiger partial charge < -0.3 is 64.8 Å². The Labute approximate surface area is 343 Å². The number of carbonyl (C=O) groups excluding carboxylic acids is 3. The summed E-state index contributed by atoms with van der Waals surface area (Å²) in [6.45, 7) is 6.39. The normalized spacial score (nSPS) is 30.3. The average molecular weight is 830 g/mol. The number of fused-ring (bicyclic) bond motifs is 9. The summed E-state index contributed by atoms with van der Waals surface area (Å²) in [5.74, 6) is 7.74. The predicted molar refractivity (Wildman–Crippen MR) is 209 cm³/mol. The molecule has 1 saturated heterocycles. The van der Waals surface area contributed by atoms with Crippen molar-refractivity contribution in [2.45, 2.75) is 74.3 Å². The van der Waals surface area contributed by atoms with Crippen LogP contribution in [0.3, 0.4) is 0 Å². The largest absolute Gasteiger partial charge is 0.508 e. The smallest absolute Gasteiger partial charge is 0.341 e. The molecule has 2 aromatic rings. The number of likely N-dealkylation sites (N-methyl/N-ethyl adjacent to an activating group) is 1. The van der Waals surface area contributed by atoms with Crippen molar-refractivity contribution in [2.75, 3.05) is 26.0 Å². The first kappa shape index (κ1) is 41.3. The van der Waals surface area contributed by atoms with Gasteiger partial charge in [-0.3, -0.25) is 9.59 Å². The second-order valence-corrected chi connectivity index (χ2v) is 15.5. The lowest BCUT2D eigenvalue weighted by atomic mass is 9.85. The third-order valence-corrected chi connectivity index (χ3v) is 10.6. The number of aliphatic hydroxyl groups is 2. The van der Waals surface area contributed by atoms with Crippen molar-refractivity contribution in [1.82, 2.24) is 4.90 Å². The Bertz CT molecular complexity index is 2340. The Hall–Kier alpha value is -5.82. The number of hydrogen-bond donors (Lipinski definition) is 6. The summed E-state index contributed by atoms with van der Waals surface area (Å²) in [5.41, 5.74) is 3.52. The average Bonchev–Trinajstić information content (AvgIpc) is 3.58. The fourth-order valence-electron chi connectivity index (χ4n) is 7.51. The van der Waals surface area contributed by atoms with Crippen molar-refractivity contribution in [3.8, 4) is 46.7 Å². The van der Waals surface area contributed by atoms with Gasteiger partial charge in [-0.15, -0.1) is 0 Å². The molecule has 6 aliphatic rings. The molecule has 2 aromatic carbocycles. The van der Waals surface area contributed by atoms with Gasteiger partial charge in [0.25, 0.3) is 5.91 Å². The summed E-state index contributed by atoms with van der Waals surface area (Å²) >= 11 is 6.68. The van der Waals surface area contributed by atoms with Gasteiger partial charge in [0.15, 0.2) is 47.1 Å². The standard InChI is InChI=1S/C42H40ClN3O13/c1-20-38(52)45-33-25(16-24(47)17-29(33)55-20)39(53)56-30-19-54-32(49)18-27(44)22-14-26(43)36(28(48)15-22)57-31-10-6-8-21(30)11-12-23-9-7-13-42(23,31)59-40-35(51)34(50)37(46(4)5)41(2,3)58-40/h7-9,13-17,27,30-31,34-35,37,40,47-48,50-51H,1,18-19,44H2,2-5H3,(H,45,52)/b21-8+/t27-,30-,31+,34-,35+,37-,40-,42+/m0/s1. The number of benzene rings is 2. The maximum absolute atomic E-state index is 13.9. The third-order valence-electron chi connectivity index (χ3n) is 10.3. The van der Waals surface area contributed by atoms with E-state index in [9.17, 15) is 34.8 Å². The molecule has 59 heavy (non-hydrogen) atoms. The molecule has 4 aliphatic heterocycles. The minimum absolute atomic E-state index is 0.0172. The minimum Gasteiger partial charge on any atom is -0.508 e. The molecule has 17 heteroatoms. The van der Waals surface area contributed by atoms with Gasteiger partial charge in [-0.1, -0.05) is 42.0 Å².